The van der Waals surface area contributed by atoms with Gasteiger partial charge in [-0.2, -0.15) is 0 Å². The molecular formula is C29H44. The van der Waals surface area contributed by atoms with E-state index in [4.69, 9.17) is 0 Å². The molecule has 0 saturated heterocycles. The van der Waals surface area contributed by atoms with Crippen LogP contribution in [0.5, 0.6) is 0 Å². The van der Waals surface area contributed by atoms with Gasteiger partial charge < -0.3 is 0 Å². The van der Waals surface area contributed by atoms with Crippen molar-refractivity contribution in [2.75, 3.05) is 0 Å². The molecule has 3 aliphatic carbocycles. The molecular weight excluding hydrogens is 348 g/mol. The number of hydrogen-bond acceptors (Lipinski definition) is 0. The molecule has 1 aromatic carbocycles. The van der Waals surface area contributed by atoms with E-state index in [9.17, 15) is 0 Å². The molecule has 0 N–H and O–H groups in total. The van der Waals surface area contributed by atoms with Crippen molar-refractivity contribution in [3.8, 4) is 0 Å². The number of rotatable bonds is 7. The zero-order valence-electron chi connectivity index (χ0n) is 19.2. The third-order valence-corrected chi connectivity index (χ3v) is 8.76. The van der Waals surface area contributed by atoms with Crippen LogP contribution < -0.4 is 0 Å². The van der Waals surface area contributed by atoms with Crippen molar-refractivity contribution in [2.45, 2.75) is 104 Å². The molecule has 1 aromatic rings. The predicted molar refractivity (Wildman–Crippen MR) is 126 cm³/mol. The van der Waals surface area contributed by atoms with E-state index < -0.39 is 0 Å². The maximum atomic E-state index is 2.55. The van der Waals surface area contributed by atoms with E-state index in [-0.39, 0.29) is 0 Å². The van der Waals surface area contributed by atoms with Gasteiger partial charge in [0.15, 0.2) is 0 Å². The molecule has 0 heterocycles. The van der Waals surface area contributed by atoms with Gasteiger partial charge >= 0.3 is 0 Å². The summed E-state index contributed by atoms with van der Waals surface area (Å²) in [4.78, 5) is 0. The average Bonchev–Trinajstić information content (AvgIpc) is 2.77. The smallest absolute Gasteiger partial charge is 0.0245 e. The zero-order chi connectivity index (χ0) is 20.1. The lowest BCUT2D eigenvalue weighted by Gasteiger charge is -2.45. The monoisotopic (exact) mass is 392 g/mol. The van der Waals surface area contributed by atoms with E-state index in [1.165, 1.54) is 77.0 Å². The van der Waals surface area contributed by atoms with Crippen LogP contribution in [0.2, 0.25) is 0 Å². The fourth-order valence-electron chi connectivity index (χ4n) is 6.99. The van der Waals surface area contributed by atoms with E-state index in [0.29, 0.717) is 0 Å². The van der Waals surface area contributed by atoms with Crippen molar-refractivity contribution < 1.29 is 0 Å². The van der Waals surface area contributed by atoms with E-state index in [0.717, 1.165) is 29.6 Å². The summed E-state index contributed by atoms with van der Waals surface area (Å²) in [6.45, 7) is 4.46. The summed E-state index contributed by atoms with van der Waals surface area (Å²) in [5.74, 6) is 5.13. The summed E-state index contributed by atoms with van der Waals surface area (Å²) in [6.07, 6.45) is 24.6. The van der Waals surface area contributed by atoms with Gasteiger partial charge in [-0.05, 0) is 130 Å². The van der Waals surface area contributed by atoms with Crippen molar-refractivity contribution in [1.82, 2.24) is 0 Å². The van der Waals surface area contributed by atoms with E-state index in [1.54, 1.807) is 29.5 Å². The number of fused-ring (bicyclic) bond motifs is 2. The van der Waals surface area contributed by atoms with Crippen LogP contribution in [0.25, 0.3) is 0 Å². The van der Waals surface area contributed by atoms with Crippen LogP contribution in [0, 0.1) is 29.6 Å². The second-order valence-electron chi connectivity index (χ2n) is 10.6. The van der Waals surface area contributed by atoms with Crippen LogP contribution in [-0.2, 0) is 19.3 Å². The van der Waals surface area contributed by atoms with Crippen molar-refractivity contribution >= 4 is 0 Å². The molecule has 5 atom stereocenters. The van der Waals surface area contributed by atoms with Gasteiger partial charge in [-0.25, -0.2) is 0 Å². The Bertz CT molecular complexity index is 669. The first-order chi connectivity index (χ1) is 14.3. The van der Waals surface area contributed by atoms with Crippen LogP contribution >= 0.6 is 0 Å². The normalized spacial score (nSPS) is 32.1. The first-order valence-corrected chi connectivity index (χ1v) is 13.0. The minimum Gasteiger partial charge on any atom is -0.0917 e. The molecule has 0 amide bonds. The number of allylic oxidation sites excluding steroid dienone is 2. The SMILES string of the molecule is C/C=C/CC[C@@H]1CC[C@@H]2CC(C3CCc4cc(CCCC)ccc4C3)CCC2C1. The highest BCUT2D eigenvalue weighted by Crippen LogP contribution is 2.49. The molecule has 2 saturated carbocycles. The van der Waals surface area contributed by atoms with E-state index in [1.807, 2.05) is 0 Å². The minimum atomic E-state index is 0.970. The van der Waals surface area contributed by atoms with Gasteiger partial charge in [-0.15, -0.1) is 0 Å². The first-order valence-electron chi connectivity index (χ1n) is 13.0. The van der Waals surface area contributed by atoms with Gasteiger partial charge in [0.25, 0.3) is 0 Å². The van der Waals surface area contributed by atoms with Crippen LogP contribution in [0.15, 0.2) is 30.4 Å². The second kappa shape index (κ2) is 10.3. The lowest BCUT2D eigenvalue weighted by Crippen LogP contribution is -2.35. The van der Waals surface area contributed by atoms with Crippen LogP contribution in [-0.4, -0.2) is 0 Å². The largest absolute Gasteiger partial charge is 0.0917 e. The van der Waals surface area contributed by atoms with E-state index in [2.05, 4.69) is 44.2 Å². The zero-order valence-corrected chi connectivity index (χ0v) is 19.2. The predicted octanol–water partition coefficient (Wildman–Crippen LogP) is 8.32. The molecule has 0 heteroatoms. The Kier molecular flexibility index (Phi) is 7.54. The third-order valence-electron chi connectivity index (χ3n) is 8.76. The Morgan fingerprint density at radius 3 is 2.52 bits per heavy atom. The van der Waals surface area contributed by atoms with Crippen molar-refractivity contribution in [1.29, 1.82) is 0 Å². The summed E-state index contributed by atoms with van der Waals surface area (Å²) in [7, 11) is 0. The molecule has 4 rings (SSSR count). The molecule has 0 nitrogen and oxygen atoms in total. The molecule has 3 aliphatic rings. The Hall–Kier alpha value is -1.04. The van der Waals surface area contributed by atoms with Crippen molar-refractivity contribution in [2.24, 2.45) is 29.6 Å². The first kappa shape index (κ1) is 21.2. The number of hydrogen-bond donors (Lipinski definition) is 0. The molecule has 2 fully saturated rings. The highest BCUT2D eigenvalue weighted by atomic mass is 14.4. The molecule has 3 unspecified atom stereocenters. The second-order valence-corrected chi connectivity index (χ2v) is 10.6. The summed E-state index contributed by atoms with van der Waals surface area (Å²) in [5.41, 5.74) is 4.96. The Morgan fingerprint density at radius 1 is 0.897 bits per heavy atom. The molecule has 29 heavy (non-hydrogen) atoms. The van der Waals surface area contributed by atoms with Gasteiger partial charge in [0.2, 0.25) is 0 Å². The standard InChI is InChI=1S/C29H44/c1-3-5-7-9-23-11-13-27-21-29(17-15-25(27)19-23)28-16-14-24-18-22(8-6-4-2)10-12-26(24)20-28/h3,5,10,12,18,23,25,27-29H,4,6-9,11,13-17,19-21H2,1-2H3/b5-3+/t23-,25?,27-,28?,29?/m1/s1. The fraction of sp³-hybridized carbons (Fsp3) is 0.724. The lowest BCUT2D eigenvalue weighted by atomic mass is 9.61. The highest BCUT2D eigenvalue weighted by Gasteiger charge is 2.38. The van der Waals surface area contributed by atoms with Crippen LogP contribution in [0.4, 0.5) is 0 Å². The van der Waals surface area contributed by atoms with Gasteiger partial charge in [-0.1, -0.05) is 50.1 Å². The van der Waals surface area contributed by atoms with Crippen molar-refractivity contribution in [3.63, 3.8) is 0 Å². The maximum absolute atomic E-state index is 2.55. The molecule has 0 spiro atoms. The summed E-state index contributed by atoms with van der Waals surface area (Å²) < 4.78 is 0. The molecule has 0 aromatic heterocycles. The maximum Gasteiger partial charge on any atom is -0.0245 e. The minimum absolute atomic E-state index is 0.970. The highest BCUT2D eigenvalue weighted by molar-refractivity contribution is 5.34. The third kappa shape index (κ3) is 5.36. The number of benzene rings is 1. The van der Waals surface area contributed by atoms with Gasteiger partial charge in [-0.3, -0.25) is 0 Å². The van der Waals surface area contributed by atoms with E-state index >= 15 is 0 Å². The van der Waals surface area contributed by atoms with Gasteiger partial charge in [0, 0.05) is 0 Å². The lowest BCUT2D eigenvalue weighted by molar-refractivity contribution is 0.0699. The average molecular weight is 393 g/mol. The Labute approximate surface area is 180 Å². The molecule has 0 bridgehead atoms. The summed E-state index contributed by atoms with van der Waals surface area (Å²) >= 11 is 0. The summed E-state index contributed by atoms with van der Waals surface area (Å²) in [5, 5.41) is 0. The summed E-state index contributed by atoms with van der Waals surface area (Å²) in [6, 6.07) is 7.48. The Balaban J connectivity index is 1.29. The fourth-order valence-corrected chi connectivity index (χ4v) is 6.99. The van der Waals surface area contributed by atoms with Crippen LogP contribution in [0.3, 0.4) is 0 Å². The number of unbranched alkanes of at least 4 members (excludes halogenated alkanes) is 1. The van der Waals surface area contributed by atoms with Crippen LogP contribution in [0.1, 0.15) is 101 Å². The Morgan fingerprint density at radius 2 is 1.69 bits per heavy atom. The van der Waals surface area contributed by atoms with Gasteiger partial charge in [0.05, 0.1) is 0 Å². The topological polar surface area (TPSA) is 0 Å². The number of aryl methyl sites for hydroxylation is 2. The molecule has 0 aliphatic heterocycles. The van der Waals surface area contributed by atoms with Crippen molar-refractivity contribution in [3.05, 3.63) is 47.0 Å². The van der Waals surface area contributed by atoms with Gasteiger partial charge in [0.1, 0.15) is 0 Å². The molecule has 160 valence electrons. The molecule has 0 radical (unpaired) electrons. The quantitative estimate of drug-likeness (QED) is 0.409.